The van der Waals surface area contributed by atoms with Gasteiger partial charge in [-0.15, -0.1) is 0 Å². The maximum atomic E-state index is 13.2. The van der Waals surface area contributed by atoms with Gasteiger partial charge in [0.05, 0.1) is 11.0 Å². The zero-order valence-electron chi connectivity index (χ0n) is 18.3. The Bertz CT molecular complexity index is 1100. The number of benzene rings is 2. The Morgan fingerprint density at radius 1 is 1.00 bits per heavy atom. The van der Waals surface area contributed by atoms with E-state index in [0.29, 0.717) is 45.0 Å². The van der Waals surface area contributed by atoms with Gasteiger partial charge < -0.3 is 14.4 Å². The molecule has 0 N–H and O–H groups in total. The number of fused-ring (bicyclic) bond motifs is 1. The van der Waals surface area contributed by atoms with Crippen LogP contribution in [-0.4, -0.2) is 46.5 Å². The largest absolute Gasteiger partial charge is 0.348 e. The molecule has 1 atom stereocenters. The number of piperazine rings is 1. The van der Waals surface area contributed by atoms with Crippen molar-refractivity contribution in [3.8, 4) is 0 Å². The van der Waals surface area contributed by atoms with Crippen molar-refractivity contribution in [1.82, 2.24) is 14.5 Å². The second kappa shape index (κ2) is 9.33. The van der Waals surface area contributed by atoms with Gasteiger partial charge in [-0.2, -0.15) is 0 Å². The molecule has 6 nitrogen and oxygen atoms in total. The van der Waals surface area contributed by atoms with E-state index in [9.17, 15) is 9.59 Å². The second-order valence-electron chi connectivity index (χ2n) is 8.26. The van der Waals surface area contributed by atoms with Crippen LogP contribution >= 0.6 is 0 Å². The van der Waals surface area contributed by atoms with Gasteiger partial charge in [-0.1, -0.05) is 56.3 Å². The average molecular weight is 419 g/mol. The lowest BCUT2D eigenvalue weighted by atomic mass is 9.97. The Labute approximate surface area is 183 Å². The summed E-state index contributed by atoms with van der Waals surface area (Å²) >= 11 is 0. The molecule has 0 spiro atoms. The quantitative estimate of drug-likeness (QED) is 0.613. The molecule has 0 aliphatic carbocycles. The summed E-state index contributed by atoms with van der Waals surface area (Å²) in [6.45, 7) is 7.31. The highest BCUT2D eigenvalue weighted by Gasteiger charge is 2.25. The third kappa shape index (κ3) is 4.48. The molecular weight excluding hydrogens is 388 g/mol. The Kier molecular flexibility index (Phi) is 6.35. The number of amides is 1. The van der Waals surface area contributed by atoms with Crippen LogP contribution in [0.5, 0.6) is 0 Å². The lowest BCUT2D eigenvalue weighted by molar-refractivity contribution is -0.131. The van der Waals surface area contributed by atoms with Crippen molar-refractivity contribution >= 4 is 22.8 Å². The Morgan fingerprint density at radius 3 is 2.39 bits per heavy atom. The van der Waals surface area contributed by atoms with E-state index in [0.717, 1.165) is 17.5 Å². The van der Waals surface area contributed by atoms with Crippen LogP contribution in [0.3, 0.4) is 0 Å². The van der Waals surface area contributed by atoms with E-state index in [1.807, 2.05) is 56.8 Å². The van der Waals surface area contributed by atoms with Crippen molar-refractivity contribution in [3.63, 3.8) is 0 Å². The van der Waals surface area contributed by atoms with E-state index in [1.165, 1.54) is 5.56 Å². The Morgan fingerprint density at radius 2 is 1.68 bits per heavy atom. The molecule has 4 rings (SSSR count). The summed E-state index contributed by atoms with van der Waals surface area (Å²) in [4.78, 5) is 34.6. The molecule has 31 heavy (non-hydrogen) atoms. The SMILES string of the molecule is CCCn1c(=O)c(N2CCN(C(=O)C[C@@H](C)c3ccccc3)CC2)nc2ccccc21. The highest BCUT2D eigenvalue weighted by molar-refractivity contribution is 5.78. The van der Waals surface area contributed by atoms with Crippen LogP contribution < -0.4 is 10.5 Å². The molecule has 1 aliphatic heterocycles. The zero-order valence-corrected chi connectivity index (χ0v) is 18.3. The predicted octanol–water partition coefficient (Wildman–Crippen LogP) is 3.65. The van der Waals surface area contributed by atoms with Crippen LogP contribution in [0.4, 0.5) is 5.82 Å². The van der Waals surface area contributed by atoms with E-state index in [2.05, 4.69) is 31.0 Å². The maximum absolute atomic E-state index is 13.2. The average Bonchev–Trinajstić information content (AvgIpc) is 2.81. The van der Waals surface area contributed by atoms with Crippen LogP contribution in [0.25, 0.3) is 11.0 Å². The van der Waals surface area contributed by atoms with Crippen LogP contribution in [0.2, 0.25) is 0 Å². The molecule has 2 heterocycles. The maximum Gasteiger partial charge on any atom is 0.294 e. The Balaban J connectivity index is 1.46. The number of hydrogen-bond acceptors (Lipinski definition) is 4. The van der Waals surface area contributed by atoms with Gasteiger partial charge in [0.25, 0.3) is 5.56 Å². The normalized spacial score (nSPS) is 15.3. The summed E-state index contributed by atoms with van der Waals surface area (Å²) in [7, 11) is 0. The lowest BCUT2D eigenvalue weighted by Gasteiger charge is -2.35. The topological polar surface area (TPSA) is 58.4 Å². The van der Waals surface area contributed by atoms with Gasteiger partial charge in [0.2, 0.25) is 5.91 Å². The van der Waals surface area contributed by atoms with Crippen LogP contribution in [-0.2, 0) is 11.3 Å². The number of carbonyl (C=O) groups is 1. The molecule has 1 amide bonds. The molecule has 2 aromatic carbocycles. The minimum Gasteiger partial charge on any atom is -0.348 e. The summed E-state index contributed by atoms with van der Waals surface area (Å²) in [5, 5.41) is 0. The highest BCUT2D eigenvalue weighted by atomic mass is 16.2. The number of carbonyl (C=O) groups excluding carboxylic acids is 1. The molecule has 162 valence electrons. The monoisotopic (exact) mass is 418 g/mol. The van der Waals surface area contributed by atoms with Crippen LogP contribution in [0.1, 0.15) is 38.2 Å². The van der Waals surface area contributed by atoms with Crippen molar-refractivity contribution < 1.29 is 4.79 Å². The van der Waals surface area contributed by atoms with Gasteiger partial charge in [0, 0.05) is 39.1 Å². The highest BCUT2D eigenvalue weighted by Crippen LogP contribution is 2.21. The van der Waals surface area contributed by atoms with Gasteiger partial charge in [-0.05, 0) is 30.0 Å². The molecule has 0 saturated carbocycles. The van der Waals surface area contributed by atoms with Crippen LogP contribution in [0, 0.1) is 0 Å². The van der Waals surface area contributed by atoms with Crippen LogP contribution in [0.15, 0.2) is 59.4 Å². The Hall–Kier alpha value is -3.15. The fraction of sp³-hybridized carbons (Fsp3) is 0.400. The summed E-state index contributed by atoms with van der Waals surface area (Å²) in [5.74, 6) is 0.859. The lowest BCUT2D eigenvalue weighted by Crippen LogP contribution is -2.50. The van der Waals surface area contributed by atoms with Gasteiger partial charge >= 0.3 is 0 Å². The molecule has 1 saturated heterocycles. The number of aryl methyl sites for hydroxylation is 1. The summed E-state index contributed by atoms with van der Waals surface area (Å²) in [6.07, 6.45) is 1.39. The predicted molar refractivity (Wildman–Crippen MR) is 125 cm³/mol. The van der Waals surface area contributed by atoms with E-state index >= 15 is 0 Å². The minimum absolute atomic E-state index is 0.0435. The second-order valence-corrected chi connectivity index (χ2v) is 8.26. The minimum atomic E-state index is -0.0435. The molecule has 1 aliphatic rings. The number of rotatable bonds is 6. The molecule has 0 bridgehead atoms. The number of hydrogen-bond donors (Lipinski definition) is 0. The van der Waals surface area contributed by atoms with Gasteiger partial charge in [-0.25, -0.2) is 4.98 Å². The van der Waals surface area contributed by atoms with E-state index in [1.54, 1.807) is 0 Å². The van der Waals surface area contributed by atoms with Gasteiger partial charge in [0.1, 0.15) is 0 Å². The zero-order chi connectivity index (χ0) is 21.8. The first kappa shape index (κ1) is 21.1. The molecule has 6 heteroatoms. The first-order valence-electron chi connectivity index (χ1n) is 11.2. The van der Waals surface area contributed by atoms with Crippen molar-refractivity contribution in [3.05, 3.63) is 70.5 Å². The van der Waals surface area contributed by atoms with E-state index in [-0.39, 0.29) is 17.4 Å². The standard InChI is InChI=1S/C25H30N4O2/c1-3-13-29-22-12-8-7-11-21(22)26-24(25(29)31)28-16-14-27(15-17-28)23(30)18-19(2)20-9-5-4-6-10-20/h4-12,19H,3,13-18H2,1-2H3/t19-/m1/s1. The number of nitrogens with zero attached hydrogens (tertiary/aromatic N) is 4. The van der Waals surface area contributed by atoms with Gasteiger partial charge in [-0.3, -0.25) is 9.59 Å². The first-order valence-corrected chi connectivity index (χ1v) is 11.2. The fourth-order valence-electron chi connectivity index (χ4n) is 4.29. The molecule has 1 fully saturated rings. The molecular formula is C25H30N4O2. The first-order chi connectivity index (χ1) is 15.1. The van der Waals surface area contributed by atoms with Crippen molar-refractivity contribution in [1.29, 1.82) is 0 Å². The number of anilines is 1. The molecule has 3 aromatic rings. The van der Waals surface area contributed by atoms with E-state index in [4.69, 9.17) is 0 Å². The van der Waals surface area contributed by atoms with Crippen molar-refractivity contribution in [2.75, 3.05) is 31.1 Å². The molecule has 1 aromatic heterocycles. The van der Waals surface area contributed by atoms with Crippen molar-refractivity contribution in [2.45, 2.75) is 39.2 Å². The molecule has 0 radical (unpaired) electrons. The summed E-state index contributed by atoms with van der Waals surface area (Å²) in [5.41, 5.74) is 2.85. The third-order valence-electron chi connectivity index (χ3n) is 6.06. The van der Waals surface area contributed by atoms with E-state index < -0.39 is 0 Å². The van der Waals surface area contributed by atoms with Crippen molar-refractivity contribution in [2.24, 2.45) is 0 Å². The summed E-state index contributed by atoms with van der Waals surface area (Å²) < 4.78 is 1.83. The van der Waals surface area contributed by atoms with Gasteiger partial charge in [0.15, 0.2) is 5.82 Å². The fourth-order valence-corrected chi connectivity index (χ4v) is 4.29. The molecule has 0 unspecified atom stereocenters. The number of aromatic nitrogens is 2. The third-order valence-corrected chi connectivity index (χ3v) is 6.06. The smallest absolute Gasteiger partial charge is 0.294 e. The number of para-hydroxylation sites is 2. The summed E-state index contributed by atoms with van der Waals surface area (Å²) in [6, 6.07) is 18.0.